The highest BCUT2D eigenvalue weighted by Crippen LogP contribution is 2.23. The molecule has 0 aromatic heterocycles. The van der Waals surface area contributed by atoms with Crippen molar-refractivity contribution in [3.63, 3.8) is 0 Å². The fraction of sp³-hybridized carbons (Fsp3) is 0.429. The number of unbranched alkanes of at least 4 members (excludes halogenated alkanes) is 3. The maximum Gasteiger partial charge on any atom is 0.333 e. The third-order valence-corrected chi connectivity index (χ3v) is 5.39. The SMILES string of the molecule is C=C(C)C(=O)OCCCCCCOc1ccc(C(=O)N(c2ccccc2)C(C)CCC)cc1. The molecule has 0 spiro atoms. The van der Waals surface area contributed by atoms with Crippen molar-refractivity contribution in [1.29, 1.82) is 0 Å². The molecule has 0 radical (unpaired) electrons. The molecule has 1 amide bonds. The first-order valence-corrected chi connectivity index (χ1v) is 11.9. The third kappa shape index (κ3) is 8.76. The second-order valence-electron chi connectivity index (χ2n) is 8.35. The second-order valence-corrected chi connectivity index (χ2v) is 8.35. The molecule has 0 saturated heterocycles. The normalized spacial score (nSPS) is 11.5. The summed E-state index contributed by atoms with van der Waals surface area (Å²) in [5.41, 5.74) is 2.00. The van der Waals surface area contributed by atoms with Gasteiger partial charge in [0.25, 0.3) is 5.91 Å². The van der Waals surface area contributed by atoms with Crippen LogP contribution in [0.2, 0.25) is 0 Å². The first-order chi connectivity index (χ1) is 15.9. The quantitative estimate of drug-likeness (QED) is 0.185. The number of esters is 1. The summed E-state index contributed by atoms with van der Waals surface area (Å²) in [6, 6.07) is 17.3. The second kappa shape index (κ2) is 14.1. The zero-order chi connectivity index (χ0) is 24.1. The molecule has 0 heterocycles. The van der Waals surface area contributed by atoms with E-state index in [2.05, 4.69) is 20.4 Å². The highest BCUT2D eigenvalue weighted by atomic mass is 16.5. The zero-order valence-electron chi connectivity index (χ0n) is 20.2. The molecule has 5 nitrogen and oxygen atoms in total. The molecular weight excluding hydrogens is 414 g/mol. The molecule has 0 aliphatic carbocycles. The number of rotatable bonds is 14. The monoisotopic (exact) mass is 451 g/mol. The number of hydrogen-bond acceptors (Lipinski definition) is 4. The minimum atomic E-state index is -0.327. The van der Waals surface area contributed by atoms with E-state index in [4.69, 9.17) is 9.47 Å². The average Bonchev–Trinajstić information content (AvgIpc) is 2.82. The smallest absolute Gasteiger partial charge is 0.333 e. The average molecular weight is 452 g/mol. The van der Waals surface area contributed by atoms with Crippen molar-refractivity contribution >= 4 is 17.6 Å². The summed E-state index contributed by atoms with van der Waals surface area (Å²) in [5, 5.41) is 0. The molecule has 178 valence electrons. The maximum atomic E-state index is 13.3. The van der Waals surface area contributed by atoms with E-state index in [9.17, 15) is 9.59 Å². The van der Waals surface area contributed by atoms with E-state index in [-0.39, 0.29) is 17.9 Å². The van der Waals surface area contributed by atoms with Gasteiger partial charge in [0.05, 0.1) is 13.2 Å². The van der Waals surface area contributed by atoms with Gasteiger partial charge in [0.1, 0.15) is 5.75 Å². The Morgan fingerprint density at radius 1 is 0.939 bits per heavy atom. The van der Waals surface area contributed by atoms with Crippen LogP contribution in [0.3, 0.4) is 0 Å². The van der Waals surface area contributed by atoms with Crippen LogP contribution in [-0.2, 0) is 9.53 Å². The maximum absolute atomic E-state index is 13.3. The summed E-state index contributed by atoms with van der Waals surface area (Å²) in [5.74, 6) is 0.433. The predicted molar refractivity (Wildman–Crippen MR) is 134 cm³/mol. The van der Waals surface area contributed by atoms with E-state index in [0.29, 0.717) is 24.4 Å². The lowest BCUT2D eigenvalue weighted by Crippen LogP contribution is -2.38. The van der Waals surface area contributed by atoms with E-state index >= 15 is 0 Å². The molecule has 0 aliphatic heterocycles. The van der Waals surface area contributed by atoms with E-state index in [1.54, 1.807) is 6.92 Å². The largest absolute Gasteiger partial charge is 0.494 e. The topological polar surface area (TPSA) is 55.8 Å². The fourth-order valence-corrected chi connectivity index (χ4v) is 3.58. The van der Waals surface area contributed by atoms with Crippen LogP contribution in [-0.4, -0.2) is 31.1 Å². The Hall–Kier alpha value is -3.08. The number of benzene rings is 2. The van der Waals surface area contributed by atoms with Gasteiger partial charge in [0.2, 0.25) is 0 Å². The van der Waals surface area contributed by atoms with Gasteiger partial charge in [-0.2, -0.15) is 0 Å². The van der Waals surface area contributed by atoms with Crippen LogP contribution in [0.25, 0.3) is 0 Å². The number of hydrogen-bond donors (Lipinski definition) is 0. The number of carbonyl (C=O) groups is 2. The number of para-hydroxylation sites is 1. The summed E-state index contributed by atoms with van der Waals surface area (Å²) in [4.78, 5) is 26.5. The minimum absolute atomic E-state index is 0.000971. The molecule has 0 fully saturated rings. The Bertz CT molecular complexity index is 877. The van der Waals surface area contributed by atoms with Crippen molar-refractivity contribution in [2.24, 2.45) is 0 Å². The fourth-order valence-electron chi connectivity index (χ4n) is 3.58. The molecule has 0 N–H and O–H groups in total. The Balaban J connectivity index is 1.80. The highest BCUT2D eigenvalue weighted by Gasteiger charge is 2.22. The Kier molecular flexibility index (Phi) is 11.2. The summed E-state index contributed by atoms with van der Waals surface area (Å²) in [6.07, 6.45) is 5.70. The molecule has 2 rings (SSSR count). The third-order valence-electron chi connectivity index (χ3n) is 5.39. The Morgan fingerprint density at radius 2 is 1.58 bits per heavy atom. The molecule has 2 aromatic rings. The van der Waals surface area contributed by atoms with Gasteiger partial charge in [0.15, 0.2) is 0 Å². The highest BCUT2D eigenvalue weighted by molar-refractivity contribution is 6.06. The number of anilines is 1. The van der Waals surface area contributed by atoms with Gasteiger partial charge >= 0.3 is 5.97 Å². The molecule has 1 unspecified atom stereocenters. The Morgan fingerprint density at radius 3 is 2.18 bits per heavy atom. The summed E-state index contributed by atoms with van der Waals surface area (Å²) in [6.45, 7) is 10.5. The molecule has 0 bridgehead atoms. The van der Waals surface area contributed by atoms with Crippen molar-refractivity contribution in [2.75, 3.05) is 18.1 Å². The summed E-state index contributed by atoms with van der Waals surface area (Å²) in [7, 11) is 0. The molecule has 2 aromatic carbocycles. The van der Waals surface area contributed by atoms with Gasteiger partial charge in [-0.25, -0.2) is 4.79 Å². The van der Waals surface area contributed by atoms with E-state index in [1.807, 2.05) is 59.5 Å². The first kappa shape index (κ1) is 26.2. The van der Waals surface area contributed by atoms with Gasteiger partial charge in [-0.15, -0.1) is 0 Å². The number of ether oxygens (including phenoxy) is 2. The molecule has 0 aliphatic rings. The van der Waals surface area contributed by atoms with Gasteiger partial charge in [-0.05, 0) is 82.3 Å². The van der Waals surface area contributed by atoms with Crippen molar-refractivity contribution in [2.45, 2.75) is 65.3 Å². The van der Waals surface area contributed by atoms with Crippen LogP contribution < -0.4 is 9.64 Å². The van der Waals surface area contributed by atoms with Crippen molar-refractivity contribution in [1.82, 2.24) is 0 Å². The lowest BCUT2D eigenvalue weighted by atomic mass is 10.1. The van der Waals surface area contributed by atoms with Gasteiger partial charge in [0, 0.05) is 22.9 Å². The zero-order valence-corrected chi connectivity index (χ0v) is 20.2. The standard InChI is InChI=1S/C28H37NO4/c1-5-13-23(4)29(25-14-9-8-10-15-25)27(30)24-16-18-26(19-17-24)32-20-11-6-7-12-21-33-28(31)22(2)3/h8-10,14-19,23H,2,5-7,11-13,20-21H2,1,3-4H3. The number of amides is 1. The lowest BCUT2D eigenvalue weighted by Gasteiger charge is -2.29. The van der Waals surface area contributed by atoms with Gasteiger partial charge < -0.3 is 14.4 Å². The summed E-state index contributed by atoms with van der Waals surface area (Å²) >= 11 is 0. The molecular formula is C28H37NO4. The van der Waals surface area contributed by atoms with Gasteiger partial charge in [-0.3, -0.25) is 4.79 Å². The van der Waals surface area contributed by atoms with Crippen molar-refractivity contribution < 1.29 is 19.1 Å². The predicted octanol–water partition coefficient (Wildman–Crippen LogP) is 6.58. The van der Waals surface area contributed by atoms with Crippen LogP contribution in [0, 0.1) is 0 Å². The van der Waals surface area contributed by atoms with Crippen LogP contribution in [0.4, 0.5) is 5.69 Å². The van der Waals surface area contributed by atoms with E-state index in [0.717, 1.165) is 50.0 Å². The van der Waals surface area contributed by atoms with E-state index < -0.39 is 0 Å². The van der Waals surface area contributed by atoms with E-state index in [1.165, 1.54) is 0 Å². The molecule has 1 atom stereocenters. The molecule has 5 heteroatoms. The van der Waals surface area contributed by atoms with Crippen molar-refractivity contribution in [3.8, 4) is 5.75 Å². The molecule has 33 heavy (non-hydrogen) atoms. The van der Waals surface area contributed by atoms with Crippen LogP contribution >= 0.6 is 0 Å². The van der Waals surface area contributed by atoms with Crippen LogP contribution in [0.15, 0.2) is 66.7 Å². The Labute approximate surface area is 198 Å². The van der Waals surface area contributed by atoms with Crippen LogP contribution in [0.1, 0.15) is 69.7 Å². The lowest BCUT2D eigenvalue weighted by molar-refractivity contribution is -0.139. The van der Waals surface area contributed by atoms with Crippen LogP contribution in [0.5, 0.6) is 5.75 Å². The first-order valence-electron chi connectivity index (χ1n) is 11.9. The van der Waals surface area contributed by atoms with Gasteiger partial charge in [-0.1, -0.05) is 38.1 Å². The number of carbonyl (C=O) groups excluding carboxylic acids is 2. The number of nitrogens with zero attached hydrogens (tertiary/aromatic N) is 1. The van der Waals surface area contributed by atoms with Crippen molar-refractivity contribution in [3.05, 3.63) is 72.3 Å². The minimum Gasteiger partial charge on any atom is -0.494 e. The molecule has 0 saturated carbocycles. The summed E-state index contributed by atoms with van der Waals surface area (Å²) < 4.78 is 10.9.